The second-order valence-corrected chi connectivity index (χ2v) is 22.4. The zero-order valence-electron chi connectivity index (χ0n) is 43.4. The van der Waals surface area contributed by atoms with Crippen LogP contribution in [0, 0.1) is 0 Å². The van der Waals surface area contributed by atoms with Crippen molar-refractivity contribution in [3.8, 4) is 77.9 Å². The van der Waals surface area contributed by atoms with E-state index in [2.05, 4.69) is 267 Å². The van der Waals surface area contributed by atoms with E-state index in [9.17, 15) is 0 Å². The van der Waals surface area contributed by atoms with Crippen molar-refractivity contribution in [1.29, 1.82) is 0 Å². The third-order valence-electron chi connectivity index (χ3n) is 18.6. The Morgan fingerprint density at radius 2 is 0.500 bits per heavy atom. The van der Waals surface area contributed by atoms with Crippen molar-refractivity contribution in [2.24, 2.45) is 0 Å². The molecule has 1 aliphatic rings. The van der Waals surface area contributed by atoms with E-state index in [-0.39, 0.29) is 0 Å². The molecule has 0 N–H and O–H groups in total. The molecule has 0 amide bonds. The quantitative estimate of drug-likeness (QED) is 0.119. The van der Waals surface area contributed by atoms with Gasteiger partial charge in [0.05, 0.1) is 0 Å². The van der Waals surface area contributed by atoms with Crippen LogP contribution >= 0.6 is 0 Å². The Kier molecular flexibility index (Phi) is 8.34. The van der Waals surface area contributed by atoms with E-state index in [4.69, 9.17) is 0 Å². The Bertz CT molecular complexity index is 5650. The molecule has 0 nitrogen and oxygen atoms in total. The Morgan fingerprint density at radius 3 is 1.11 bits per heavy atom. The standard InChI is InChI=1S/C80H44/c1-4-19-45(20-5-1)50-27-12-15-30-53(50)71-61-34-18-33-55-52-29-14-17-32-56(52)76(72(55)61)80-65-42-38-60-58-37-41-64-74-62(39-35-57(69(58)74)59-36-40-63(78(71)80)75(65)70(59)60)77-68(47-23-8-3-9-24-47)66-43-48-25-10-11-26-49(48)44-67(66)73(79(64)77)54-31-16-13-28-51(54)46-21-6-2-7-22-46/h1-44H. The van der Waals surface area contributed by atoms with E-state index in [1.54, 1.807) is 0 Å². The van der Waals surface area contributed by atoms with E-state index in [1.165, 1.54) is 196 Å². The van der Waals surface area contributed by atoms with Crippen LogP contribution in [-0.4, -0.2) is 0 Å². The van der Waals surface area contributed by atoms with Crippen LogP contribution in [0.2, 0.25) is 0 Å². The summed E-state index contributed by atoms with van der Waals surface area (Å²) in [4.78, 5) is 0. The molecule has 0 aliphatic heterocycles. The molecule has 364 valence electrons. The highest BCUT2D eigenvalue weighted by Crippen LogP contribution is 2.62. The molecule has 18 aromatic carbocycles. The maximum atomic E-state index is 2.49. The Labute approximate surface area is 460 Å². The fraction of sp³-hybridized carbons (Fsp3) is 0. The second-order valence-electron chi connectivity index (χ2n) is 22.4. The maximum Gasteiger partial charge on any atom is -0.000696 e. The lowest BCUT2D eigenvalue weighted by Crippen LogP contribution is -1.95. The minimum Gasteiger partial charge on any atom is -0.0622 e. The molecule has 0 atom stereocenters. The van der Waals surface area contributed by atoms with Crippen molar-refractivity contribution in [3.05, 3.63) is 267 Å². The average molecular weight is 1010 g/mol. The molecule has 0 saturated carbocycles. The Morgan fingerprint density at radius 1 is 0.138 bits per heavy atom. The number of fused-ring (bicyclic) bond motifs is 14. The van der Waals surface area contributed by atoms with Crippen molar-refractivity contribution in [1.82, 2.24) is 0 Å². The first-order valence-electron chi connectivity index (χ1n) is 28.1. The largest absolute Gasteiger partial charge is 0.0622 e. The van der Waals surface area contributed by atoms with Crippen molar-refractivity contribution >= 4 is 118 Å². The minimum absolute atomic E-state index is 1.22. The third-order valence-corrected chi connectivity index (χ3v) is 18.6. The van der Waals surface area contributed by atoms with E-state index in [0.717, 1.165) is 0 Å². The van der Waals surface area contributed by atoms with Crippen LogP contribution in [0.1, 0.15) is 0 Å². The van der Waals surface area contributed by atoms with Crippen molar-refractivity contribution in [2.75, 3.05) is 0 Å². The van der Waals surface area contributed by atoms with Gasteiger partial charge < -0.3 is 0 Å². The molecule has 0 unspecified atom stereocenters. The van der Waals surface area contributed by atoms with Gasteiger partial charge in [0.2, 0.25) is 0 Å². The van der Waals surface area contributed by atoms with Gasteiger partial charge in [-0.3, -0.25) is 0 Å². The zero-order chi connectivity index (χ0) is 51.9. The number of hydrogen-bond donors (Lipinski definition) is 0. The van der Waals surface area contributed by atoms with Crippen molar-refractivity contribution in [3.63, 3.8) is 0 Å². The minimum atomic E-state index is 1.22. The van der Waals surface area contributed by atoms with Crippen molar-refractivity contribution < 1.29 is 0 Å². The first-order valence-corrected chi connectivity index (χ1v) is 28.1. The molecular formula is C80H44. The first-order chi connectivity index (χ1) is 39.8. The summed E-state index contributed by atoms with van der Waals surface area (Å²) in [5.41, 5.74) is 17.8. The lowest BCUT2D eigenvalue weighted by atomic mass is 9.80. The predicted octanol–water partition coefficient (Wildman–Crippen LogP) is 22.7. The maximum absolute atomic E-state index is 2.49. The van der Waals surface area contributed by atoms with Crippen LogP contribution in [0.25, 0.3) is 196 Å². The molecule has 19 rings (SSSR count). The van der Waals surface area contributed by atoms with E-state index in [0.29, 0.717) is 0 Å². The SMILES string of the molecule is c1ccc(-c2ccccc2-c2c3c(c(-c4ccccc4)c4cc5ccccc5cc24)-c2ccc4c5ccc6c7c(-c8ccccc8-c8ccccc8)c8cccc9c%10ccccc%10c(c89)c7c7ccc(c8ccc-3c2c48)c5c67)cc1. The Balaban J connectivity index is 0.970. The molecule has 0 radical (unpaired) electrons. The highest BCUT2D eigenvalue weighted by Gasteiger charge is 2.34. The average Bonchev–Trinajstić information content (AvgIpc) is 4.34. The van der Waals surface area contributed by atoms with Gasteiger partial charge in [-0.25, -0.2) is 0 Å². The van der Waals surface area contributed by atoms with Crippen LogP contribution in [0.4, 0.5) is 0 Å². The number of benzene rings is 16. The van der Waals surface area contributed by atoms with Crippen LogP contribution in [0.5, 0.6) is 0 Å². The highest BCUT2D eigenvalue weighted by atomic mass is 14.4. The second kappa shape index (κ2) is 15.6. The Hall–Kier alpha value is -10.4. The lowest BCUT2D eigenvalue weighted by molar-refractivity contribution is 1.59. The molecule has 0 heteroatoms. The van der Waals surface area contributed by atoms with Gasteiger partial charge in [-0.15, -0.1) is 0 Å². The smallest absolute Gasteiger partial charge is 0.000696 e. The van der Waals surface area contributed by atoms with Crippen LogP contribution in [0.15, 0.2) is 267 Å². The summed E-state index contributed by atoms with van der Waals surface area (Å²) in [6, 6.07) is 101. The van der Waals surface area contributed by atoms with Gasteiger partial charge in [0.1, 0.15) is 0 Å². The fourth-order valence-corrected chi connectivity index (χ4v) is 15.5. The molecule has 0 aromatic heterocycles. The molecule has 0 heterocycles. The van der Waals surface area contributed by atoms with Crippen LogP contribution in [0.3, 0.4) is 0 Å². The molecule has 0 fully saturated rings. The van der Waals surface area contributed by atoms with Gasteiger partial charge in [0.25, 0.3) is 0 Å². The molecule has 1 aliphatic carbocycles. The van der Waals surface area contributed by atoms with E-state index >= 15 is 0 Å². The van der Waals surface area contributed by atoms with E-state index < -0.39 is 0 Å². The molecule has 18 aromatic rings. The normalized spacial score (nSPS) is 12.5. The summed E-state index contributed by atoms with van der Waals surface area (Å²) in [6.45, 7) is 0. The monoisotopic (exact) mass is 1000 g/mol. The predicted molar refractivity (Wildman–Crippen MR) is 344 cm³/mol. The summed E-state index contributed by atoms with van der Waals surface area (Å²) < 4.78 is 0. The third kappa shape index (κ3) is 5.40. The summed E-state index contributed by atoms with van der Waals surface area (Å²) >= 11 is 0. The van der Waals surface area contributed by atoms with Gasteiger partial charge in [0.15, 0.2) is 0 Å². The molecular weight excluding hydrogens is 961 g/mol. The molecule has 0 saturated heterocycles. The van der Waals surface area contributed by atoms with Gasteiger partial charge in [-0.1, -0.05) is 255 Å². The first kappa shape index (κ1) is 42.7. The zero-order valence-corrected chi connectivity index (χ0v) is 43.4. The lowest BCUT2D eigenvalue weighted by Gasteiger charge is -2.22. The molecule has 0 bridgehead atoms. The molecule has 80 heavy (non-hydrogen) atoms. The van der Waals surface area contributed by atoms with Crippen LogP contribution < -0.4 is 0 Å². The highest BCUT2D eigenvalue weighted by molar-refractivity contribution is 6.51. The summed E-state index contributed by atoms with van der Waals surface area (Å²) in [5.74, 6) is 0. The summed E-state index contributed by atoms with van der Waals surface area (Å²) in [5, 5.41) is 29.0. The summed E-state index contributed by atoms with van der Waals surface area (Å²) in [7, 11) is 0. The van der Waals surface area contributed by atoms with Gasteiger partial charge in [0, 0.05) is 0 Å². The number of rotatable bonds is 5. The molecule has 0 spiro atoms. The topological polar surface area (TPSA) is 0 Å². The fourth-order valence-electron chi connectivity index (χ4n) is 15.5. The van der Waals surface area contributed by atoms with Crippen molar-refractivity contribution in [2.45, 2.75) is 0 Å². The van der Waals surface area contributed by atoms with Gasteiger partial charge in [-0.05, 0) is 209 Å². The summed E-state index contributed by atoms with van der Waals surface area (Å²) in [6.07, 6.45) is 0. The number of hydrogen-bond acceptors (Lipinski definition) is 0. The van der Waals surface area contributed by atoms with Gasteiger partial charge in [-0.2, -0.15) is 0 Å². The van der Waals surface area contributed by atoms with Crippen LogP contribution in [-0.2, 0) is 0 Å². The van der Waals surface area contributed by atoms with E-state index in [1.807, 2.05) is 0 Å². The van der Waals surface area contributed by atoms with Gasteiger partial charge >= 0.3 is 0 Å².